The zero-order valence-corrected chi connectivity index (χ0v) is 6.95. The van der Waals surface area contributed by atoms with E-state index >= 15 is 0 Å². The molecular weight excluding hydrogens is 158 g/mol. The highest BCUT2D eigenvalue weighted by Gasteiger charge is 2.32. The monoisotopic (exact) mass is 166 g/mol. The average Bonchev–Trinajstić information content (AvgIpc) is 1.78. The van der Waals surface area contributed by atoms with Gasteiger partial charge in [0.25, 0.3) is 0 Å². The molecule has 0 aromatic carbocycles. The maximum Gasteiger partial charge on any atom is 0.313 e. The highest BCUT2D eigenvalue weighted by molar-refractivity contribution is 7.88. The number of halogens is 1. The summed E-state index contributed by atoms with van der Waals surface area (Å²) >= 11 is 5.40. The Bertz CT molecular complexity index is 197. The Kier molecular flexibility index (Phi) is 1.51. The van der Waals surface area contributed by atoms with Crippen LogP contribution in [-0.4, -0.2) is 5.60 Å². The minimum Gasteiger partial charge on any atom is -0.304 e. The van der Waals surface area contributed by atoms with Gasteiger partial charge in [-0.1, -0.05) is 0 Å². The first-order valence-corrected chi connectivity index (χ1v) is 5.22. The minimum atomic E-state index is -2.87. The molecule has 1 aliphatic heterocycles. The fourth-order valence-corrected chi connectivity index (χ4v) is 2.65. The Morgan fingerprint density at radius 2 is 2.22 bits per heavy atom. The number of rotatable bonds is 0. The van der Waals surface area contributed by atoms with Gasteiger partial charge < -0.3 is 4.52 Å². The molecule has 0 fully saturated rings. The second-order valence-corrected chi connectivity index (χ2v) is 5.47. The van der Waals surface area contributed by atoms with Crippen LogP contribution in [0.5, 0.6) is 0 Å². The molecule has 1 unspecified atom stereocenters. The molecule has 52 valence electrons. The molecule has 1 heterocycles. The summed E-state index contributed by atoms with van der Waals surface area (Å²) in [7, 11) is 0. The zero-order chi connectivity index (χ0) is 7.12. The zero-order valence-electron chi connectivity index (χ0n) is 5.30. The van der Waals surface area contributed by atoms with Crippen LogP contribution in [0.2, 0.25) is 0 Å². The highest BCUT2D eigenvalue weighted by Crippen LogP contribution is 2.61. The largest absolute Gasteiger partial charge is 0.313 e. The lowest BCUT2D eigenvalue weighted by Gasteiger charge is -2.14. The van der Waals surface area contributed by atoms with E-state index in [1.807, 2.05) is 13.8 Å². The first-order valence-electron chi connectivity index (χ1n) is 2.62. The SMILES string of the molecule is CC1(C)C=CP(=O)(Cl)O1. The van der Waals surface area contributed by atoms with Gasteiger partial charge in [0, 0.05) is 5.82 Å². The van der Waals surface area contributed by atoms with Crippen LogP contribution in [0.4, 0.5) is 0 Å². The molecule has 1 aliphatic rings. The molecule has 0 aromatic heterocycles. The van der Waals surface area contributed by atoms with Crippen molar-refractivity contribution in [2.75, 3.05) is 0 Å². The molecule has 0 amide bonds. The van der Waals surface area contributed by atoms with Gasteiger partial charge in [0.1, 0.15) is 0 Å². The third kappa shape index (κ3) is 1.82. The van der Waals surface area contributed by atoms with Crippen LogP contribution >= 0.6 is 18.0 Å². The van der Waals surface area contributed by atoms with Gasteiger partial charge in [0.05, 0.1) is 5.60 Å². The summed E-state index contributed by atoms with van der Waals surface area (Å²) in [4.78, 5) is 0. The van der Waals surface area contributed by atoms with Gasteiger partial charge >= 0.3 is 6.72 Å². The van der Waals surface area contributed by atoms with E-state index < -0.39 is 12.3 Å². The van der Waals surface area contributed by atoms with Gasteiger partial charge in [-0.05, 0) is 31.2 Å². The van der Waals surface area contributed by atoms with Gasteiger partial charge in [-0.25, -0.2) is 0 Å². The third-order valence-corrected chi connectivity index (χ3v) is 2.78. The first-order chi connectivity index (χ1) is 3.91. The van der Waals surface area contributed by atoms with Crippen LogP contribution in [0, 0.1) is 0 Å². The Balaban J connectivity index is 2.84. The van der Waals surface area contributed by atoms with Crippen molar-refractivity contribution in [2.24, 2.45) is 0 Å². The maximum atomic E-state index is 10.9. The van der Waals surface area contributed by atoms with E-state index in [2.05, 4.69) is 0 Å². The van der Waals surface area contributed by atoms with Gasteiger partial charge in [-0.2, -0.15) is 0 Å². The predicted molar refractivity (Wildman–Crippen MR) is 37.8 cm³/mol. The van der Waals surface area contributed by atoms with Crippen molar-refractivity contribution in [3.8, 4) is 0 Å². The number of hydrogen-bond acceptors (Lipinski definition) is 2. The van der Waals surface area contributed by atoms with Gasteiger partial charge in [0.2, 0.25) is 0 Å². The van der Waals surface area contributed by atoms with Crippen molar-refractivity contribution >= 4 is 18.0 Å². The molecule has 0 saturated heterocycles. The average molecular weight is 167 g/mol. The normalized spacial score (nSPS) is 39.4. The summed E-state index contributed by atoms with van der Waals surface area (Å²) in [5.41, 5.74) is -0.447. The van der Waals surface area contributed by atoms with E-state index in [0.717, 1.165) is 0 Å². The summed E-state index contributed by atoms with van der Waals surface area (Å²) in [6.07, 6.45) is 1.71. The Hall–Kier alpha value is 0.220. The van der Waals surface area contributed by atoms with Crippen LogP contribution in [0.3, 0.4) is 0 Å². The lowest BCUT2D eigenvalue weighted by Crippen LogP contribution is -2.13. The van der Waals surface area contributed by atoms with Crippen LogP contribution in [0.25, 0.3) is 0 Å². The quantitative estimate of drug-likeness (QED) is 0.517. The third-order valence-electron chi connectivity index (χ3n) is 1.01. The minimum absolute atomic E-state index is 0.447. The van der Waals surface area contributed by atoms with E-state index in [9.17, 15) is 4.57 Å². The fraction of sp³-hybridized carbons (Fsp3) is 0.600. The summed E-state index contributed by atoms with van der Waals surface area (Å²) in [5, 5.41) is 0. The van der Waals surface area contributed by atoms with E-state index in [4.69, 9.17) is 15.8 Å². The molecule has 0 aliphatic carbocycles. The molecule has 1 atom stereocenters. The number of hydrogen-bond donors (Lipinski definition) is 0. The van der Waals surface area contributed by atoms with Crippen LogP contribution < -0.4 is 0 Å². The molecule has 0 aromatic rings. The summed E-state index contributed by atoms with van der Waals surface area (Å²) in [6, 6.07) is 0. The van der Waals surface area contributed by atoms with Crippen LogP contribution in [-0.2, 0) is 9.09 Å². The molecule has 4 heteroatoms. The van der Waals surface area contributed by atoms with E-state index in [0.29, 0.717) is 0 Å². The molecule has 0 spiro atoms. The Labute approximate surface area is 59.1 Å². The molecule has 0 bridgehead atoms. The van der Waals surface area contributed by atoms with Gasteiger partial charge in [0.15, 0.2) is 0 Å². The van der Waals surface area contributed by atoms with Crippen molar-refractivity contribution in [1.82, 2.24) is 0 Å². The summed E-state index contributed by atoms with van der Waals surface area (Å²) < 4.78 is 15.8. The lowest BCUT2D eigenvalue weighted by atomic mass is 10.1. The first kappa shape index (κ1) is 7.33. The van der Waals surface area contributed by atoms with E-state index in [-0.39, 0.29) is 0 Å². The fourth-order valence-electron chi connectivity index (χ4n) is 0.650. The van der Waals surface area contributed by atoms with Crippen molar-refractivity contribution in [3.63, 3.8) is 0 Å². The predicted octanol–water partition coefficient (Wildman–Crippen LogP) is 2.74. The van der Waals surface area contributed by atoms with Crippen molar-refractivity contribution in [1.29, 1.82) is 0 Å². The van der Waals surface area contributed by atoms with Crippen molar-refractivity contribution in [3.05, 3.63) is 11.9 Å². The van der Waals surface area contributed by atoms with Gasteiger partial charge in [-0.3, -0.25) is 4.57 Å². The summed E-state index contributed by atoms with van der Waals surface area (Å²) in [6.45, 7) is 0.749. The van der Waals surface area contributed by atoms with Crippen molar-refractivity contribution < 1.29 is 9.09 Å². The van der Waals surface area contributed by atoms with Crippen molar-refractivity contribution in [2.45, 2.75) is 19.4 Å². The second-order valence-electron chi connectivity index (χ2n) is 2.53. The van der Waals surface area contributed by atoms with Gasteiger partial charge in [-0.15, -0.1) is 0 Å². The highest BCUT2D eigenvalue weighted by atomic mass is 35.7. The molecule has 2 nitrogen and oxygen atoms in total. The smallest absolute Gasteiger partial charge is 0.304 e. The van der Waals surface area contributed by atoms with E-state index in [1.54, 1.807) is 6.08 Å². The van der Waals surface area contributed by atoms with Crippen LogP contribution in [0.1, 0.15) is 13.8 Å². The molecule has 1 rings (SSSR count). The molecule has 9 heavy (non-hydrogen) atoms. The maximum absolute atomic E-state index is 10.9. The summed E-state index contributed by atoms with van der Waals surface area (Å²) in [5.74, 6) is 1.43. The Morgan fingerprint density at radius 1 is 1.67 bits per heavy atom. The lowest BCUT2D eigenvalue weighted by molar-refractivity contribution is 0.185. The molecule has 0 radical (unpaired) electrons. The molecular formula is C5H8ClO2P. The molecule has 0 N–H and O–H groups in total. The topological polar surface area (TPSA) is 26.3 Å². The van der Waals surface area contributed by atoms with Crippen LogP contribution in [0.15, 0.2) is 11.9 Å². The second kappa shape index (κ2) is 1.85. The van der Waals surface area contributed by atoms with E-state index in [1.165, 1.54) is 5.82 Å². The molecule has 0 saturated carbocycles. The standard InChI is InChI=1S/C5H8ClO2P/c1-5(2)3-4-9(6,7)8-5/h3-4H,1-2H3. The Morgan fingerprint density at radius 3 is 2.33 bits per heavy atom.